The van der Waals surface area contributed by atoms with Gasteiger partial charge in [0, 0.05) is 0 Å². The molecule has 1 aromatic carbocycles. The Balaban J connectivity index is 2.75. The van der Waals surface area contributed by atoms with Crippen LogP contribution in [0.3, 0.4) is 0 Å². The number of carbonyl (C=O) groups is 1. The first-order valence-electron chi connectivity index (χ1n) is 6.21. The van der Waals surface area contributed by atoms with Crippen LogP contribution in [-0.4, -0.2) is 28.5 Å². The molecule has 0 bridgehead atoms. The van der Waals surface area contributed by atoms with E-state index in [4.69, 9.17) is 4.84 Å². The molecule has 104 valence electrons. The zero-order valence-corrected chi connectivity index (χ0v) is 11.2. The van der Waals surface area contributed by atoms with Crippen LogP contribution >= 0.6 is 0 Å². The van der Waals surface area contributed by atoms with Crippen molar-refractivity contribution >= 4 is 11.7 Å². The minimum atomic E-state index is -0.936. The van der Waals surface area contributed by atoms with Crippen molar-refractivity contribution in [1.82, 2.24) is 0 Å². The quantitative estimate of drug-likeness (QED) is 0.451. The Morgan fingerprint density at radius 3 is 2.53 bits per heavy atom. The number of phenols is 1. The number of carboxylic acid groups (broad SMARTS) is 1. The predicted molar refractivity (Wildman–Crippen MR) is 72.3 cm³/mol. The van der Waals surface area contributed by atoms with Gasteiger partial charge in [0.25, 0.3) is 0 Å². The van der Waals surface area contributed by atoms with Gasteiger partial charge >= 0.3 is 5.97 Å². The van der Waals surface area contributed by atoms with Crippen LogP contribution in [0.15, 0.2) is 29.4 Å². The molecule has 5 heteroatoms. The van der Waals surface area contributed by atoms with Gasteiger partial charge in [0.1, 0.15) is 18.3 Å². The molecule has 5 nitrogen and oxygen atoms in total. The van der Waals surface area contributed by atoms with Gasteiger partial charge in [0.15, 0.2) is 0 Å². The lowest BCUT2D eigenvalue weighted by Gasteiger charge is -2.12. The maximum absolute atomic E-state index is 11.3. The fourth-order valence-electron chi connectivity index (χ4n) is 1.58. The Hall–Kier alpha value is -2.04. The highest BCUT2D eigenvalue weighted by molar-refractivity contribution is 6.00. The number of benzene rings is 1. The minimum Gasteiger partial charge on any atom is -0.508 e. The van der Waals surface area contributed by atoms with Gasteiger partial charge in [-0.25, -0.2) is 0 Å². The second-order valence-corrected chi connectivity index (χ2v) is 4.33. The van der Waals surface area contributed by atoms with Crippen LogP contribution in [-0.2, 0) is 16.1 Å². The Morgan fingerprint density at radius 1 is 1.37 bits per heavy atom. The molecule has 0 aliphatic heterocycles. The van der Waals surface area contributed by atoms with E-state index in [9.17, 15) is 15.0 Å². The molecule has 19 heavy (non-hydrogen) atoms. The van der Waals surface area contributed by atoms with E-state index in [1.165, 1.54) is 12.1 Å². The first-order valence-corrected chi connectivity index (χ1v) is 6.21. The molecule has 0 amide bonds. The van der Waals surface area contributed by atoms with E-state index < -0.39 is 11.9 Å². The van der Waals surface area contributed by atoms with Crippen molar-refractivity contribution in [1.29, 1.82) is 0 Å². The topological polar surface area (TPSA) is 79.1 Å². The molecule has 0 aliphatic carbocycles. The fraction of sp³-hybridized carbons (Fsp3) is 0.429. The van der Waals surface area contributed by atoms with Crippen molar-refractivity contribution in [2.75, 3.05) is 6.61 Å². The summed E-state index contributed by atoms with van der Waals surface area (Å²) in [6, 6.07) is 6.47. The number of rotatable bonds is 7. The number of phenolic OH excluding ortho intramolecular Hbond substituents is 1. The third kappa shape index (κ3) is 4.99. The third-order valence-electron chi connectivity index (χ3n) is 2.68. The summed E-state index contributed by atoms with van der Waals surface area (Å²) >= 11 is 0. The fourth-order valence-corrected chi connectivity index (χ4v) is 1.58. The van der Waals surface area contributed by atoms with E-state index in [1.807, 2.05) is 6.92 Å². The number of carboxylic acids is 1. The third-order valence-corrected chi connectivity index (χ3v) is 2.68. The van der Waals surface area contributed by atoms with Crippen LogP contribution < -0.4 is 0 Å². The number of nitrogens with zero attached hydrogens (tertiary/aromatic N) is 1. The summed E-state index contributed by atoms with van der Waals surface area (Å²) in [4.78, 5) is 16.3. The number of hydrogen-bond acceptors (Lipinski definition) is 4. The number of aliphatic carboxylic acids is 1. The maximum atomic E-state index is 11.3. The van der Waals surface area contributed by atoms with Gasteiger partial charge in [0.2, 0.25) is 0 Å². The van der Waals surface area contributed by atoms with E-state index in [2.05, 4.69) is 5.16 Å². The van der Waals surface area contributed by atoms with Gasteiger partial charge in [-0.05, 0) is 37.5 Å². The molecule has 0 radical (unpaired) electrons. The Labute approximate surface area is 112 Å². The molecule has 0 aliphatic rings. The van der Waals surface area contributed by atoms with Crippen LogP contribution in [0.1, 0.15) is 25.8 Å². The highest BCUT2D eigenvalue weighted by atomic mass is 16.6. The summed E-state index contributed by atoms with van der Waals surface area (Å²) in [7, 11) is 0. The smallest absolute Gasteiger partial charge is 0.312 e. The summed E-state index contributed by atoms with van der Waals surface area (Å²) in [5.74, 6) is -1.50. The van der Waals surface area contributed by atoms with E-state index in [-0.39, 0.29) is 5.75 Å². The molecule has 0 saturated heterocycles. The van der Waals surface area contributed by atoms with E-state index in [1.54, 1.807) is 19.1 Å². The normalized spacial score (nSPS) is 13.1. The largest absolute Gasteiger partial charge is 0.508 e. The Bertz CT molecular complexity index is 439. The summed E-state index contributed by atoms with van der Waals surface area (Å²) < 4.78 is 0. The van der Waals surface area contributed by atoms with Gasteiger partial charge < -0.3 is 15.1 Å². The number of hydrogen-bond donors (Lipinski definition) is 2. The minimum absolute atomic E-state index is 0.160. The monoisotopic (exact) mass is 265 g/mol. The lowest BCUT2D eigenvalue weighted by atomic mass is 9.95. The second kappa shape index (κ2) is 7.41. The molecular weight excluding hydrogens is 246 g/mol. The molecule has 2 N–H and O–H groups in total. The molecule has 0 heterocycles. The van der Waals surface area contributed by atoms with Gasteiger partial charge in [-0.1, -0.05) is 24.2 Å². The second-order valence-electron chi connectivity index (χ2n) is 4.33. The summed E-state index contributed by atoms with van der Waals surface area (Å²) in [6.07, 6.45) is 1.15. The average molecular weight is 265 g/mol. The molecule has 1 atom stereocenters. The van der Waals surface area contributed by atoms with E-state index in [0.717, 1.165) is 12.0 Å². The maximum Gasteiger partial charge on any atom is 0.312 e. The van der Waals surface area contributed by atoms with Crippen molar-refractivity contribution in [2.24, 2.45) is 11.1 Å². The molecule has 0 saturated carbocycles. The summed E-state index contributed by atoms with van der Waals surface area (Å²) in [5.41, 5.74) is 1.27. The van der Waals surface area contributed by atoms with Crippen LogP contribution in [0.5, 0.6) is 5.75 Å². The molecule has 0 aromatic heterocycles. The Morgan fingerprint density at radius 2 is 2.00 bits per heavy atom. The molecule has 0 fully saturated rings. The van der Waals surface area contributed by atoms with Crippen molar-refractivity contribution in [2.45, 2.75) is 26.7 Å². The Kier molecular flexibility index (Phi) is 5.85. The molecule has 1 unspecified atom stereocenters. The van der Waals surface area contributed by atoms with Crippen LogP contribution in [0.2, 0.25) is 0 Å². The van der Waals surface area contributed by atoms with Crippen molar-refractivity contribution in [3.63, 3.8) is 0 Å². The van der Waals surface area contributed by atoms with Crippen molar-refractivity contribution < 1.29 is 19.8 Å². The van der Waals surface area contributed by atoms with E-state index in [0.29, 0.717) is 18.7 Å². The van der Waals surface area contributed by atoms with Crippen LogP contribution in [0.4, 0.5) is 0 Å². The predicted octanol–water partition coefficient (Wildman–Crippen LogP) is 2.44. The van der Waals surface area contributed by atoms with Crippen LogP contribution in [0, 0.1) is 5.92 Å². The zero-order valence-electron chi connectivity index (χ0n) is 11.2. The van der Waals surface area contributed by atoms with Gasteiger partial charge in [-0.15, -0.1) is 0 Å². The molecule has 1 aromatic rings. The first-order chi connectivity index (χ1) is 9.04. The van der Waals surface area contributed by atoms with Crippen molar-refractivity contribution in [3.05, 3.63) is 29.8 Å². The number of aromatic hydroxyl groups is 1. The average Bonchev–Trinajstić information content (AvgIpc) is 2.37. The molecule has 0 spiro atoms. The highest BCUT2D eigenvalue weighted by Crippen LogP contribution is 2.15. The lowest BCUT2D eigenvalue weighted by molar-refractivity contribution is -0.139. The zero-order chi connectivity index (χ0) is 14.3. The molecular formula is C14H19NO4. The standard InChI is InChI=1S/C14H19NO4/c1-3-8-19-15-10(2)13(14(17)18)9-11-4-6-12(16)7-5-11/h4-7,13,16H,3,8-9H2,1-2H3,(H,17,18). The number of oxime groups is 1. The van der Waals surface area contributed by atoms with Crippen molar-refractivity contribution in [3.8, 4) is 5.75 Å². The highest BCUT2D eigenvalue weighted by Gasteiger charge is 2.22. The van der Waals surface area contributed by atoms with Gasteiger partial charge in [-0.2, -0.15) is 0 Å². The summed E-state index contributed by atoms with van der Waals surface area (Å²) in [5, 5.41) is 22.3. The van der Waals surface area contributed by atoms with Gasteiger partial charge in [0.05, 0.1) is 5.71 Å². The SMILES string of the molecule is CCCON=C(C)C(Cc1ccc(O)cc1)C(=O)O. The lowest BCUT2D eigenvalue weighted by Crippen LogP contribution is -2.24. The first kappa shape index (κ1) is 15.0. The van der Waals surface area contributed by atoms with Gasteiger partial charge in [-0.3, -0.25) is 4.79 Å². The molecule has 1 rings (SSSR count). The summed E-state index contributed by atoms with van der Waals surface area (Å²) in [6.45, 7) is 4.08. The van der Waals surface area contributed by atoms with E-state index >= 15 is 0 Å². The van der Waals surface area contributed by atoms with Crippen LogP contribution in [0.25, 0.3) is 0 Å².